The number of carboxylic acids is 1. The second kappa shape index (κ2) is 7.56. The molecular weight excluding hydrogens is 352 g/mol. The van der Waals surface area contributed by atoms with Gasteiger partial charge in [-0.2, -0.15) is 5.10 Å². The molecule has 0 spiro atoms. The Morgan fingerprint density at radius 3 is 2.36 bits per heavy atom. The summed E-state index contributed by atoms with van der Waals surface area (Å²) in [5, 5.41) is 15.0. The number of carbonyl (C=O) groups excluding carboxylic acids is 1. The highest BCUT2D eigenvalue weighted by molar-refractivity contribution is 6.07. The first kappa shape index (κ1) is 17.8. The molecule has 2 aromatic carbocycles. The van der Waals surface area contributed by atoms with Crippen molar-refractivity contribution in [1.82, 2.24) is 10.2 Å². The molecule has 0 aliphatic heterocycles. The van der Waals surface area contributed by atoms with E-state index >= 15 is 0 Å². The molecule has 0 radical (unpaired) electrons. The Balaban J connectivity index is 0.000000181. The van der Waals surface area contributed by atoms with Crippen LogP contribution in [0.3, 0.4) is 0 Å². The zero-order valence-electron chi connectivity index (χ0n) is 15.1. The fourth-order valence-corrected chi connectivity index (χ4v) is 3.69. The molecule has 1 N–H and O–H groups in total. The second-order valence-corrected chi connectivity index (χ2v) is 6.67. The maximum atomic E-state index is 12.3. The number of nitrogens with zero attached hydrogens (tertiary/aromatic N) is 2. The molecule has 5 nitrogen and oxygen atoms in total. The normalized spacial score (nSPS) is 13.5. The lowest BCUT2D eigenvalue weighted by Gasteiger charge is -2.24. The number of carboxylic acid groups (broad SMARTS) is 1. The molecule has 28 heavy (non-hydrogen) atoms. The van der Waals surface area contributed by atoms with E-state index in [4.69, 9.17) is 5.11 Å². The number of benzene rings is 2. The third-order valence-electron chi connectivity index (χ3n) is 5.00. The molecule has 3 aromatic rings. The predicted molar refractivity (Wildman–Crippen MR) is 105 cm³/mol. The Kier molecular flexibility index (Phi) is 4.81. The number of Topliss-reactive ketones (excluding diaryl/α,β-unsaturated/α-hetero) is 1. The summed E-state index contributed by atoms with van der Waals surface area (Å²) in [5.74, 6) is -0.797. The van der Waals surface area contributed by atoms with Crippen LogP contribution in [0, 0.1) is 0 Å². The maximum absolute atomic E-state index is 12.3. The third kappa shape index (κ3) is 3.34. The van der Waals surface area contributed by atoms with Gasteiger partial charge in [-0.25, -0.2) is 4.79 Å². The largest absolute Gasteiger partial charge is 0.476 e. The standard InChI is InChI=1S/C18H14O.C5H4N2O2/c19-18-11-17-13-6-2-1-5-12(13)9-10-15(17)14-7-3-4-8-16(14)18;8-5(9)4-2-1-3-6-7-4/h1-4,7-10H,5-6,11H2;1-3H,(H,8,9). The van der Waals surface area contributed by atoms with Crippen molar-refractivity contribution in [1.29, 1.82) is 0 Å². The quantitative estimate of drug-likeness (QED) is 0.657. The fraction of sp³-hybridized carbons (Fsp3) is 0.130. The fourth-order valence-electron chi connectivity index (χ4n) is 3.69. The van der Waals surface area contributed by atoms with Gasteiger partial charge in [-0.3, -0.25) is 4.79 Å². The van der Waals surface area contributed by atoms with E-state index in [1.165, 1.54) is 40.6 Å². The van der Waals surface area contributed by atoms with Gasteiger partial charge in [0.25, 0.3) is 0 Å². The highest BCUT2D eigenvalue weighted by Crippen LogP contribution is 2.37. The monoisotopic (exact) mass is 370 g/mol. The number of allylic oxidation sites excluding steroid dienone is 2. The van der Waals surface area contributed by atoms with Crippen molar-refractivity contribution in [2.45, 2.75) is 19.3 Å². The number of fused-ring (bicyclic) bond motifs is 5. The molecule has 138 valence electrons. The second-order valence-electron chi connectivity index (χ2n) is 6.67. The number of rotatable bonds is 1. The number of ketones is 1. The molecule has 0 saturated carbocycles. The molecule has 0 amide bonds. The molecule has 1 heterocycles. The average Bonchev–Trinajstić information content (AvgIpc) is 2.75. The zero-order chi connectivity index (χ0) is 19.5. The van der Waals surface area contributed by atoms with E-state index in [0.717, 1.165) is 24.0 Å². The Labute approximate surface area is 162 Å². The van der Waals surface area contributed by atoms with Crippen LogP contribution >= 0.6 is 0 Å². The summed E-state index contributed by atoms with van der Waals surface area (Å²) in [7, 11) is 0. The van der Waals surface area contributed by atoms with Crippen molar-refractivity contribution < 1.29 is 14.7 Å². The Bertz CT molecular complexity index is 1090. The third-order valence-corrected chi connectivity index (χ3v) is 5.00. The van der Waals surface area contributed by atoms with Crippen molar-refractivity contribution in [2.24, 2.45) is 0 Å². The van der Waals surface area contributed by atoms with Crippen LogP contribution in [0.4, 0.5) is 0 Å². The molecule has 0 saturated heterocycles. The van der Waals surface area contributed by atoms with Gasteiger partial charge in [0.05, 0.1) is 0 Å². The summed E-state index contributed by atoms with van der Waals surface area (Å²) in [5.41, 5.74) is 7.22. The molecule has 2 aliphatic rings. The van der Waals surface area contributed by atoms with Gasteiger partial charge < -0.3 is 5.11 Å². The first-order chi connectivity index (χ1) is 13.6. The Morgan fingerprint density at radius 2 is 1.64 bits per heavy atom. The average molecular weight is 370 g/mol. The van der Waals surface area contributed by atoms with E-state index in [-0.39, 0.29) is 11.5 Å². The number of hydrogen-bond donors (Lipinski definition) is 1. The van der Waals surface area contributed by atoms with Crippen LogP contribution in [0.25, 0.3) is 11.1 Å². The predicted octanol–water partition coefficient (Wildman–Crippen LogP) is 3.92. The van der Waals surface area contributed by atoms with Crippen LogP contribution in [0.5, 0.6) is 0 Å². The minimum Gasteiger partial charge on any atom is -0.476 e. The van der Waals surface area contributed by atoms with Crippen LogP contribution in [-0.2, 0) is 19.3 Å². The molecule has 1 aromatic heterocycles. The van der Waals surface area contributed by atoms with Crippen LogP contribution in [0.1, 0.15) is 37.5 Å². The molecule has 5 heteroatoms. The van der Waals surface area contributed by atoms with Crippen molar-refractivity contribution in [3.05, 3.63) is 94.8 Å². The first-order valence-electron chi connectivity index (χ1n) is 9.07. The summed E-state index contributed by atoms with van der Waals surface area (Å²) in [6, 6.07) is 15.3. The van der Waals surface area contributed by atoms with E-state index in [1.54, 1.807) is 0 Å². The smallest absolute Gasteiger partial charge is 0.356 e. The minimum absolute atomic E-state index is 0.0301. The lowest BCUT2D eigenvalue weighted by Crippen LogP contribution is -2.16. The SMILES string of the molecule is O=C(O)c1cccnn1.O=C1Cc2c(ccc3c2CC=CC3)-c2ccccc21. The van der Waals surface area contributed by atoms with Crippen LogP contribution in [0.2, 0.25) is 0 Å². The van der Waals surface area contributed by atoms with Crippen molar-refractivity contribution >= 4 is 11.8 Å². The van der Waals surface area contributed by atoms with E-state index in [2.05, 4.69) is 40.5 Å². The van der Waals surface area contributed by atoms with Gasteiger partial charge >= 0.3 is 5.97 Å². The Morgan fingerprint density at radius 1 is 0.857 bits per heavy atom. The molecule has 0 bridgehead atoms. The molecular formula is C23H18N2O3. The zero-order valence-corrected chi connectivity index (χ0v) is 15.1. The van der Waals surface area contributed by atoms with Crippen molar-refractivity contribution in [3.63, 3.8) is 0 Å². The summed E-state index contributed by atoms with van der Waals surface area (Å²) < 4.78 is 0. The topological polar surface area (TPSA) is 80.2 Å². The van der Waals surface area contributed by atoms with Gasteiger partial charge in [0.1, 0.15) is 0 Å². The molecule has 5 rings (SSSR count). The summed E-state index contributed by atoms with van der Waals surface area (Å²) in [6.45, 7) is 0. The lowest BCUT2D eigenvalue weighted by atomic mass is 9.79. The van der Waals surface area contributed by atoms with Gasteiger partial charge in [-0.1, -0.05) is 48.6 Å². The highest BCUT2D eigenvalue weighted by atomic mass is 16.4. The van der Waals surface area contributed by atoms with E-state index in [9.17, 15) is 9.59 Å². The van der Waals surface area contributed by atoms with Gasteiger partial charge in [0, 0.05) is 18.2 Å². The molecule has 2 aliphatic carbocycles. The summed E-state index contributed by atoms with van der Waals surface area (Å²) >= 11 is 0. The van der Waals surface area contributed by atoms with E-state index < -0.39 is 5.97 Å². The van der Waals surface area contributed by atoms with Gasteiger partial charge in [0.2, 0.25) is 0 Å². The van der Waals surface area contributed by atoms with Crippen molar-refractivity contribution in [3.8, 4) is 11.1 Å². The number of aromatic carboxylic acids is 1. The lowest BCUT2D eigenvalue weighted by molar-refractivity contribution is 0.0689. The Hall–Kier alpha value is -3.60. The molecule has 0 fully saturated rings. The van der Waals surface area contributed by atoms with Gasteiger partial charge in [-0.05, 0) is 52.8 Å². The van der Waals surface area contributed by atoms with E-state index in [0.29, 0.717) is 6.42 Å². The van der Waals surface area contributed by atoms with Gasteiger partial charge in [-0.15, -0.1) is 5.10 Å². The van der Waals surface area contributed by atoms with Gasteiger partial charge in [0.15, 0.2) is 11.5 Å². The van der Waals surface area contributed by atoms with E-state index in [1.807, 2.05) is 18.2 Å². The van der Waals surface area contributed by atoms with Crippen LogP contribution < -0.4 is 0 Å². The van der Waals surface area contributed by atoms with Crippen LogP contribution in [-0.4, -0.2) is 27.1 Å². The summed E-state index contributed by atoms with van der Waals surface area (Å²) in [6.07, 6.45) is 8.38. The highest BCUT2D eigenvalue weighted by Gasteiger charge is 2.25. The number of carbonyl (C=O) groups is 2. The number of hydrogen-bond acceptors (Lipinski definition) is 4. The summed E-state index contributed by atoms with van der Waals surface area (Å²) in [4.78, 5) is 22.4. The molecule has 0 atom stereocenters. The number of aromatic nitrogens is 2. The first-order valence-corrected chi connectivity index (χ1v) is 9.07. The molecule has 0 unspecified atom stereocenters. The van der Waals surface area contributed by atoms with Crippen molar-refractivity contribution in [2.75, 3.05) is 0 Å². The van der Waals surface area contributed by atoms with Crippen LogP contribution in [0.15, 0.2) is 66.9 Å². The maximum Gasteiger partial charge on any atom is 0.356 e. The minimum atomic E-state index is -1.05.